The highest BCUT2D eigenvalue weighted by atomic mass is 79.9. The predicted octanol–water partition coefficient (Wildman–Crippen LogP) is 3.49. The molecule has 1 heterocycles. The smallest absolute Gasteiger partial charge is 0.270 e. The second-order valence-electron chi connectivity index (χ2n) is 6.11. The lowest BCUT2D eigenvalue weighted by Gasteiger charge is -2.08. The summed E-state index contributed by atoms with van der Waals surface area (Å²) >= 11 is 4.33. The van der Waals surface area contributed by atoms with Crippen LogP contribution in [0.25, 0.3) is 0 Å². The minimum Gasteiger partial charge on any atom is -0.494 e. The SMILES string of the molecule is CCOc1ccc(S(=O)(=O)c2cnc(SCC(=O)Nc3ccccc3Br)[nH]c2=O)cc1. The number of nitrogens with zero attached hydrogens (tertiary/aromatic N) is 1. The number of H-pyrrole nitrogens is 1. The fourth-order valence-corrected chi connectivity index (χ4v) is 4.77. The third kappa shape index (κ3) is 5.75. The lowest BCUT2D eigenvalue weighted by Crippen LogP contribution is -2.20. The molecule has 0 bridgehead atoms. The monoisotopic (exact) mass is 523 g/mol. The van der Waals surface area contributed by atoms with Gasteiger partial charge in [0.15, 0.2) is 10.1 Å². The Kier molecular flexibility index (Phi) is 7.52. The van der Waals surface area contributed by atoms with Crippen molar-refractivity contribution in [3.63, 3.8) is 0 Å². The predicted molar refractivity (Wildman–Crippen MR) is 121 cm³/mol. The lowest BCUT2D eigenvalue weighted by atomic mass is 10.3. The van der Waals surface area contributed by atoms with Crippen LogP contribution in [0.2, 0.25) is 0 Å². The van der Waals surface area contributed by atoms with Gasteiger partial charge in [0.2, 0.25) is 15.7 Å². The number of thioether (sulfide) groups is 1. The van der Waals surface area contributed by atoms with Gasteiger partial charge in [-0.3, -0.25) is 9.59 Å². The van der Waals surface area contributed by atoms with Crippen molar-refractivity contribution in [2.24, 2.45) is 0 Å². The van der Waals surface area contributed by atoms with Crippen molar-refractivity contribution in [2.45, 2.75) is 21.9 Å². The van der Waals surface area contributed by atoms with Crippen molar-refractivity contribution < 1.29 is 17.9 Å². The van der Waals surface area contributed by atoms with Crippen molar-refractivity contribution in [1.29, 1.82) is 0 Å². The topological polar surface area (TPSA) is 118 Å². The first-order valence-electron chi connectivity index (χ1n) is 9.05. The number of rotatable bonds is 8. The quantitative estimate of drug-likeness (QED) is 0.342. The number of hydrogen-bond acceptors (Lipinski definition) is 7. The first-order chi connectivity index (χ1) is 14.8. The molecule has 0 unspecified atom stereocenters. The number of aromatic amines is 1. The molecule has 0 aliphatic rings. The molecule has 0 aliphatic carbocycles. The molecule has 162 valence electrons. The van der Waals surface area contributed by atoms with E-state index in [-0.39, 0.29) is 21.7 Å². The van der Waals surface area contributed by atoms with Gasteiger partial charge in [-0.15, -0.1) is 0 Å². The lowest BCUT2D eigenvalue weighted by molar-refractivity contribution is -0.113. The minimum absolute atomic E-state index is 0.0186. The first-order valence-corrected chi connectivity index (χ1v) is 12.3. The maximum atomic E-state index is 12.8. The number of amides is 1. The van der Waals surface area contributed by atoms with Gasteiger partial charge < -0.3 is 15.0 Å². The molecule has 0 spiro atoms. The van der Waals surface area contributed by atoms with Crippen LogP contribution >= 0.6 is 27.7 Å². The molecule has 0 saturated carbocycles. The molecular formula is C20H18BrN3O5S2. The first kappa shape index (κ1) is 23.0. The van der Waals surface area contributed by atoms with E-state index in [0.29, 0.717) is 18.0 Å². The molecule has 0 atom stereocenters. The Bertz CT molecular complexity index is 1240. The molecule has 8 nitrogen and oxygen atoms in total. The number of anilines is 1. The molecule has 31 heavy (non-hydrogen) atoms. The van der Waals surface area contributed by atoms with Crippen LogP contribution in [0, 0.1) is 0 Å². The Hall–Kier alpha value is -2.63. The van der Waals surface area contributed by atoms with Gasteiger partial charge in [0.1, 0.15) is 5.75 Å². The molecule has 11 heteroatoms. The van der Waals surface area contributed by atoms with Crippen LogP contribution in [0.4, 0.5) is 5.69 Å². The number of aromatic nitrogens is 2. The van der Waals surface area contributed by atoms with Crippen molar-refractivity contribution in [3.8, 4) is 5.75 Å². The van der Waals surface area contributed by atoms with Crippen LogP contribution < -0.4 is 15.6 Å². The van der Waals surface area contributed by atoms with E-state index in [0.717, 1.165) is 22.4 Å². The van der Waals surface area contributed by atoms with E-state index in [2.05, 4.69) is 31.2 Å². The van der Waals surface area contributed by atoms with Crippen molar-refractivity contribution >= 4 is 49.1 Å². The number of carbonyl (C=O) groups excluding carboxylic acids is 1. The highest BCUT2D eigenvalue weighted by Gasteiger charge is 2.22. The second-order valence-corrected chi connectivity index (χ2v) is 9.84. The Balaban J connectivity index is 1.70. The maximum Gasteiger partial charge on any atom is 0.270 e. The summed E-state index contributed by atoms with van der Waals surface area (Å²) in [5.74, 6) is 0.210. The highest BCUT2D eigenvalue weighted by Crippen LogP contribution is 2.23. The second kappa shape index (κ2) is 10.1. The normalized spacial score (nSPS) is 11.2. The van der Waals surface area contributed by atoms with Gasteiger partial charge >= 0.3 is 0 Å². The van der Waals surface area contributed by atoms with Gasteiger partial charge in [-0.1, -0.05) is 23.9 Å². The zero-order valence-electron chi connectivity index (χ0n) is 16.3. The van der Waals surface area contributed by atoms with E-state index in [1.165, 1.54) is 24.3 Å². The van der Waals surface area contributed by atoms with E-state index in [1.54, 1.807) is 18.2 Å². The molecule has 0 radical (unpaired) electrons. The Morgan fingerprint density at radius 3 is 2.55 bits per heavy atom. The van der Waals surface area contributed by atoms with Crippen LogP contribution in [-0.4, -0.2) is 36.7 Å². The number of para-hydroxylation sites is 1. The molecule has 3 aromatic rings. The number of nitrogens with one attached hydrogen (secondary N) is 2. The van der Waals surface area contributed by atoms with Crippen LogP contribution in [0.1, 0.15) is 6.92 Å². The molecular weight excluding hydrogens is 506 g/mol. The summed E-state index contributed by atoms with van der Waals surface area (Å²) < 4.78 is 31.6. The molecule has 2 N–H and O–H groups in total. The van der Waals surface area contributed by atoms with Gasteiger partial charge in [-0.2, -0.15) is 0 Å². The molecule has 0 aliphatic heterocycles. The number of benzene rings is 2. The average molecular weight is 524 g/mol. The molecule has 0 fully saturated rings. The summed E-state index contributed by atoms with van der Waals surface area (Å²) in [5.41, 5.74) is -0.191. The Labute approximate surface area is 191 Å². The summed E-state index contributed by atoms with van der Waals surface area (Å²) in [5, 5.41) is 2.87. The fraction of sp³-hybridized carbons (Fsp3) is 0.150. The standard InChI is InChI=1S/C20H18BrN3O5S2/c1-2-29-13-7-9-14(10-8-13)31(27,28)17-11-22-20(24-19(17)26)30-12-18(25)23-16-6-4-3-5-15(16)21/h3-11H,2,12H2,1H3,(H,23,25)(H,22,24,26). The summed E-state index contributed by atoms with van der Waals surface area (Å²) in [6.45, 7) is 2.27. The summed E-state index contributed by atoms with van der Waals surface area (Å²) in [4.78, 5) is 30.4. The number of ether oxygens (including phenoxy) is 1. The average Bonchev–Trinajstić information content (AvgIpc) is 2.74. The number of hydrogen-bond donors (Lipinski definition) is 2. The molecule has 1 amide bonds. The van der Waals surface area contributed by atoms with Gasteiger partial charge in [0.05, 0.1) is 29.1 Å². The van der Waals surface area contributed by atoms with E-state index in [1.807, 2.05) is 13.0 Å². The highest BCUT2D eigenvalue weighted by molar-refractivity contribution is 9.10. The third-order valence-corrected chi connectivity index (χ3v) is 7.31. The van der Waals surface area contributed by atoms with Gasteiger partial charge in [-0.25, -0.2) is 13.4 Å². The van der Waals surface area contributed by atoms with E-state index in [9.17, 15) is 18.0 Å². The minimum atomic E-state index is -4.05. The van der Waals surface area contributed by atoms with Crippen molar-refractivity contribution in [3.05, 3.63) is 69.6 Å². The zero-order valence-corrected chi connectivity index (χ0v) is 19.5. The summed E-state index contributed by atoms with van der Waals surface area (Å²) in [6, 6.07) is 12.9. The molecule has 0 saturated heterocycles. The zero-order chi connectivity index (χ0) is 22.4. The van der Waals surface area contributed by atoms with Crippen LogP contribution in [0.5, 0.6) is 5.75 Å². The van der Waals surface area contributed by atoms with Gasteiger partial charge in [0, 0.05) is 4.47 Å². The van der Waals surface area contributed by atoms with Gasteiger partial charge in [0.25, 0.3) is 5.56 Å². The van der Waals surface area contributed by atoms with Crippen molar-refractivity contribution in [1.82, 2.24) is 9.97 Å². The Morgan fingerprint density at radius 2 is 1.90 bits per heavy atom. The number of halogens is 1. The largest absolute Gasteiger partial charge is 0.494 e. The van der Waals surface area contributed by atoms with E-state index in [4.69, 9.17) is 4.74 Å². The maximum absolute atomic E-state index is 12.8. The number of sulfone groups is 1. The van der Waals surface area contributed by atoms with Crippen LogP contribution in [0.3, 0.4) is 0 Å². The molecule has 1 aromatic heterocycles. The van der Waals surface area contributed by atoms with Crippen LogP contribution in [-0.2, 0) is 14.6 Å². The van der Waals surface area contributed by atoms with Gasteiger partial charge in [-0.05, 0) is 59.3 Å². The summed E-state index contributed by atoms with van der Waals surface area (Å²) in [7, 11) is -4.05. The molecule has 3 rings (SSSR count). The Morgan fingerprint density at radius 1 is 1.19 bits per heavy atom. The van der Waals surface area contributed by atoms with E-state index >= 15 is 0 Å². The van der Waals surface area contributed by atoms with Crippen molar-refractivity contribution in [2.75, 3.05) is 17.7 Å². The number of carbonyl (C=O) groups is 1. The fourth-order valence-electron chi connectivity index (χ4n) is 2.52. The van der Waals surface area contributed by atoms with Crippen LogP contribution in [0.15, 0.2) is 78.9 Å². The summed E-state index contributed by atoms with van der Waals surface area (Å²) in [6.07, 6.45) is 0.999. The van der Waals surface area contributed by atoms with E-state index < -0.39 is 20.3 Å². The third-order valence-electron chi connectivity index (χ3n) is 3.97. The molecule has 2 aromatic carbocycles.